The molecule has 0 saturated carbocycles. The van der Waals surface area contributed by atoms with Gasteiger partial charge >= 0.3 is 0 Å². The van der Waals surface area contributed by atoms with Gasteiger partial charge in [0.1, 0.15) is 17.2 Å². The number of fused-ring (bicyclic) bond motifs is 1. The number of hydrogen-bond donors (Lipinski definition) is 1. The molecule has 3 rings (SSSR count). The summed E-state index contributed by atoms with van der Waals surface area (Å²) in [6.45, 7) is 4.10. The van der Waals surface area contributed by atoms with Crippen molar-refractivity contribution in [1.29, 1.82) is 0 Å². The van der Waals surface area contributed by atoms with Gasteiger partial charge in [-0.05, 0) is 55.0 Å². The maximum absolute atomic E-state index is 12.3. The van der Waals surface area contributed by atoms with Crippen LogP contribution in [0.2, 0.25) is 0 Å². The Morgan fingerprint density at radius 2 is 1.83 bits per heavy atom. The van der Waals surface area contributed by atoms with Crippen LogP contribution in [0.15, 0.2) is 65.8 Å². The van der Waals surface area contributed by atoms with Crippen LogP contribution in [-0.2, 0) is 4.79 Å². The van der Waals surface area contributed by atoms with Crippen LogP contribution < -0.4 is 19.6 Å². The Bertz CT molecular complexity index is 1020. The van der Waals surface area contributed by atoms with E-state index in [9.17, 15) is 4.79 Å². The Morgan fingerprint density at radius 3 is 2.59 bits per heavy atom. The average Bonchev–Trinajstić information content (AvgIpc) is 2.74. The number of hydrogen-bond acceptors (Lipinski definition) is 5. The smallest absolute Gasteiger partial charge is 0.280 e. The van der Waals surface area contributed by atoms with E-state index in [1.807, 2.05) is 49.4 Å². The van der Waals surface area contributed by atoms with Gasteiger partial charge in [-0.1, -0.05) is 30.3 Å². The summed E-state index contributed by atoms with van der Waals surface area (Å²) in [6, 6.07) is 19.1. The Labute approximate surface area is 170 Å². The van der Waals surface area contributed by atoms with Crippen LogP contribution in [0.5, 0.6) is 17.2 Å². The molecule has 0 aliphatic carbocycles. The van der Waals surface area contributed by atoms with Gasteiger partial charge in [0.15, 0.2) is 6.10 Å². The van der Waals surface area contributed by atoms with Crippen LogP contribution in [0.25, 0.3) is 10.8 Å². The van der Waals surface area contributed by atoms with E-state index in [1.54, 1.807) is 32.2 Å². The highest BCUT2D eigenvalue weighted by molar-refractivity contribution is 5.87. The number of benzene rings is 3. The maximum atomic E-state index is 12.3. The van der Waals surface area contributed by atoms with Gasteiger partial charge < -0.3 is 14.2 Å². The summed E-state index contributed by atoms with van der Waals surface area (Å²) in [4.78, 5) is 12.3. The minimum Gasteiger partial charge on any atom is -0.497 e. The van der Waals surface area contributed by atoms with Crippen LogP contribution >= 0.6 is 0 Å². The second-order valence-corrected chi connectivity index (χ2v) is 6.34. The Balaban J connectivity index is 1.63. The molecule has 0 bridgehead atoms. The summed E-state index contributed by atoms with van der Waals surface area (Å²) in [7, 11) is 1.59. The molecule has 0 aromatic heterocycles. The normalized spacial score (nSPS) is 12.0. The van der Waals surface area contributed by atoms with Crippen molar-refractivity contribution in [3.05, 3.63) is 66.2 Å². The molecule has 6 nitrogen and oxygen atoms in total. The van der Waals surface area contributed by atoms with Crippen molar-refractivity contribution in [3.63, 3.8) is 0 Å². The fourth-order valence-corrected chi connectivity index (χ4v) is 2.80. The molecular weight excluding hydrogens is 368 g/mol. The number of carbonyl (C=O) groups excluding carboxylic acids is 1. The Kier molecular flexibility index (Phi) is 6.68. The minimum absolute atomic E-state index is 0.352. The first kappa shape index (κ1) is 20.2. The van der Waals surface area contributed by atoms with Gasteiger partial charge in [0.05, 0.1) is 19.9 Å². The van der Waals surface area contributed by atoms with Gasteiger partial charge in [0.2, 0.25) is 0 Å². The summed E-state index contributed by atoms with van der Waals surface area (Å²) in [5, 5.41) is 6.20. The van der Waals surface area contributed by atoms with Crippen molar-refractivity contribution in [1.82, 2.24) is 5.43 Å². The van der Waals surface area contributed by atoms with Gasteiger partial charge in [-0.25, -0.2) is 5.43 Å². The monoisotopic (exact) mass is 392 g/mol. The standard InChI is InChI=1S/C23H24N2O4/c1-4-28-22-12-11-20(27-3)14-19(22)15-24-25-23(26)16(2)29-21-10-9-17-7-5-6-8-18(17)13-21/h5-16H,4H2,1-3H3,(H,25,26)/b24-15-/t16-/m0/s1. The lowest BCUT2D eigenvalue weighted by atomic mass is 10.1. The van der Waals surface area contributed by atoms with Crippen LogP contribution in [0, 0.1) is 0 Å². The molecular formula is C23H24N2O4. The average molecular weight is 392 g/mol. The first-order chi connectivity index (χ1) is 14.1. The van der Waals surface area contributed by atoms with Crippen LogP contribution in [0.4, 0.5) is 0 Å². The van der Waals surface area contributed by atoms with Crippen LogP contribution in [0.1, 0.15) is 19.4 Å². The highest BCUT2D eigenvalue weighted by Crippen LogP contribution is 2.23. The molecule has 0 unspecified atom stereocenters. The molecule has 0 aliphatic heterocycles. The molecule has 1 atom stereocenters. The molecule has 0 spiro atoms. The highest BCUT2D eigenvalue weighted by atomic mass is 16.5. The summed E-state index contributed by atoms with van der Waals surface area (Å²) in [6.07, 6.45) is 0.818. The summed E-state index contributed by atoms with van der Waals surface area (Å²) < 4.78 is 16.6. The third kappa shape index (κ3) is 5.25. The van der Waals surface area contributed by atoms with E-state index in [-0.39, 0.29) is 5.91 Å². The van der Waals surface area contributed by atoms with Crippen molar-refractivity contribution >= 4 is 22.9 Å². The molecule has 0 fully saturated rings. The number of nitrogens with one attached hydrogen (secondary N) is 1. The van der Waals surface area contributed by atoms with Crippen molar-refractivity contribution in [2.75, 3.05) is 13.7 Å². The van der Waals surface area contributed by atoms with Gasteiger partial charge in [-0.2, -0.15) is 5.10 Å². The zero-order chi connectivity index (χ0) is 20.6. The maximum Gasteiger partial charge on any atom is 0.280 e. The molecule has 0 aliphatic rings. The molecule has 3 aromatic carbocycles. The molecule has 150 valence electrons. The largest absolute Gasteiger partial charge is 0.497 e. The third-order valence-electron chi connectivity index (χ3n) is 4.30. The van der Waals surface area contributed by atoms with Gasteiger partial charge in [-0.3, -0.25) is 4.79 Å². The van der Waals surface area contributed by atoms with E-state index in [1.165, 1.54) is 6.21 Å². The molecule has 1 amide bonds. The van der Waals surface area contributed by atoms with E-state index >= 15 is 0 Å². The highest BCUT2D eigenvalue weighted by Gasteiger charge is 2.14. The predicted octanol–water partition coefficient (Wildman–Crippen LogP) is 4.16. The first-order valence-corrected chi connectivity index (χ1v) is 9.40. The number of hydrazone groups is 1. The topological polar surface area (TPSA) is 69.2 Å². The molecule has 29 heavy (non-hydrogen) atoms. The van der Waals surface area contributed by atoms with Crippen molar-refractivity contribution in [2.45, 2.75) is 20.0 Å². The van der Waals surface area contributed by atoms with Gasteiger partial charge in [0.25, 0.3) is 5.91 Å². The number of amides is 1. The quantitative estimate of drug-likeness (QED) is 0.462. The van der Waals surface area contributed by atoms with E-state index in [0.29, 0.717) is 29.4 Å². The minimum atomic E-state index is -0.704. The van der Waals surface area contributed by atoms with Crippen molar-refractivity contribution < 1.29 is 19.0 Å². The SMILES string of the molecule is CCOc1ccc(OC)cc1/C=N\NC(=O)[C@H](C)Oc1ccc2ccccc2c1. The van der Waals surface area contributed by atoms with Gasteiger partial charge in [0, 0.05) is 5.56 Å². The molecule has 6 heteroatoms. The van der Waals surface area contributed by atoms with Crippen LogP contribution in [-0.4, -0.2) is 31.9 Å². The van der Waals surface area contributed by atoms with Crippen molar-refractivity contribution in [3.8, 4) is 17.2 Å². The second-order valence-electron chi connectivity index (χ2n) is 6.34. The summed E-state index contributed by atoms with van der Waals surface area (Å²) in [5.41, 5.74) is 3.21. The van der Waals surface area contributed by atoms with Crippen molar-refractivity contribution in [2.24, 2.45) is 5.10 Å². The molecule has 0 heterocycles. The molecule has 3 aromatic rings. The summed E-state index contributed by atoms with van der Waals surface area (Å²) in [5.74, 6) is 1.61. The van der Waals surface area contributed by atoms with Crippen LogP contribution in [0.3, 0.4) is 0 Å². The first-order valence-electron chi connectivity index (χ1n) is 9.40. The zero-order valence-electron chi connectivity index (χ0n) is 16.7. The third-order valence-corrected chi connectivity index (χ3v) is 4.30. The van der Waals surface area contributed by atoms with E-state index in [2.05, 4.69) is 10.5 Å². The number of carbonyl (C=O) groups is 1. The number of rotatable bonds is 8. The molecule has 1 N–H and O–H groups in total. The fourth-order valence-electron chi connectivity index (χ4n) is 2.80. The Hall–Kier alpha value is -3.54. The van der Waals surface area contributed by atoms with E-state index in [0.717, 1.165) is 10.8 Å². The number of methoxy groups -OCH3 is 1. The number of ether oxygens (including phenoxy) is 3. The van der Waals surface area contributed by atoms with E-state index < -0.39 is 6.10 Å². The Morgan fingerprint density at radius 1 is 1.07 bits per heavy atom. The lowest BCUT2D eigenvalue weighted by molar-refractivity contribution is -0.127. The molecule has 0 saturated heterocycles. The lowest BCUT2D eigenvalue weighted by Gasteiger charge is -2.13. The molecule has 0 radical (unpaired) electrons. The van der Waals surface area contributed by atoms with E-state index in [4.69, 9.17) is 14.2 Å². The predicted molar refractivity (Wildman–Crippen MR) is 114 cm³/mol. The lowest BCUT2D eigenvalue weighted by Crippen LogP contribution is -2.33. The second kappa shape index (κ2) is 9.59. The zero-order valence-corrected chi connectivity index (χ0v) is 16.7. The van der Waals surface area contributed by atoms with Gasteiger partial charge in [-0.15, -0.1) is 0 Å². The summed E-state index contributed by atoms with van der Waals surface area (Å²) >= 11 is 0. The fraction of sp³-hybridized carbons (Fsp3) is 0.217. The number of nitrogens with zero attached hydrogens (tertiary/aromatic N) is 1.